The van der Waals surface area contributed by atoms with E-state index < -0.39 is 4.92 Å². The zero-order valence-corrected chi connectivity index (χ0v) is 17.8. The van der Waals surface area contributed by atoms with E-state index in [0.717, 1.165) is 16.9 Å². The number of rotatable bonds is 8. The Morgan fingerprint density at radius 2 is 1.79 bits per heavy atom. The molecule has 3 aromatic carbocycles. The Morgan fingerprint density at radius 1 is 1.03 bits per heavy atom. The number of carbonyl (C=O) groups is 1. The number of hydrogen-bond donors (Lipinski definition) is 1. The van der Waals surface area contributed by atoms with Crippen molar-refractivity contribution < 1.29 is 14.5 Å². The van der Waals surface area contributed by atoms with Gasteiger partial charge in [0, 0.05) is 18.7 Å². The van der Waals surface area contributed by atoms with Crippen LogP contribution in [0.3, 0.4) is 0 Å². The molecular formula is C24H21N5O4. The molecule has 0 bridgehead atoms. The average molecular weight is 443 g/mol. The lowest BCUT2D eigenvalue weighted by Gasteiger charge is -2.08. The van der Waals surface area contributed by atoms with Crippen molar-refractivity contribution in [1.29, 1.82) is 0 Å². The molecule has 4 aromatic rings. The van der Waals surface area contributed by atoms with Gasteiger partial charge in [0.25, 0.3) is 11.6 Å². The summed E-state index contributed by atoms with van der Waals surface area (Å²) in [5.41, 5.74) is 3.02. The predicted molar refractivity (Wildman–Crippen MR) is 121 cm³/mol. The van der Waals surface area contributed by atoms with Crippen LogP contribution in [0.25, 0.3) is 5.69 Å². The van der Waals surface area contributed by atoms with Gasteiger partial charge in [0.1, 0.15) is 12.4 Å². The Kier molecular flexibility index (Phi) is 6.40. The number of non-ortho nitro benzene ring substituents is 1. The van der Waals surface area contributed by atoms with E-state index in [1.807, 2.05) is 54.6 Å². The van der Waals surface area contributed by atoms with Crippen molar-refractivity contribution in [3.8, 4) is 11.4 Å². The molecule has 0 unspecified atom stereocenters. The third-order valence-electron chi connectivity index (χ3n) is 5.02. The van der Waals surface area contributed by atoms with E-state index in [1.165, 1.54) is 16.8 Å². The number of benzene rings is 3. The molecule has 33 heavy (non-hydrogen) atoms. The molecule has 1 heterocycles. The standard InChI is InChI=1S/C24H21N5O4/c1-17-23(26-27-28(17)20-8-5-9-21(14-20)29(31)32)24(30)25-15-18-10-12-22(13-11-18)33-16-19-6-3-2-4-7-19/h2-14H,15-16H2,1H3,(H,25,30). The minimum Gasteiger partial charge on any atom is -0.489 e. The second-order valence-corrected chi connectivity index (χ2v) is 7.31. The Balaban J connectivity index is 1.36. The van der Waals surface area contributed by atoms with Crippen molar-refractivity contribution in [3.63, 3.8) is 0 Å². The molecule has 1 amide bonds. The molecule has 9 nitrogen and oxygen atoms in total. The lowest BCUT2D eigenvalue weighted by Crippen LogP contribution is -2.24. The normalized spacial score (nSPS) is 10.6. The Hall–Kier alpha value is -4.53. The predicted octanol–water partition coefficient (Wildman–Crippen LogP) is 3.99. The molecule has 0 aliphatic carbocycles. The molecule has 0 aliphatic heterocycles. The third kappa shape index (κ3) is 5.21. The molecule has 0 atom stereocenters. The van der Waals surface area contributed by atoms with Gasteiger partial charge in [-0.15, -0.1) is 5.10 Å². The highest BCUT2D eigenvalue weighted by atomic mass is 16.6. The van der Waals surface area contributed by atoms with Crippen molar-refractivity contribution in [3.05, 3.63) is 111 Å². The van der Waals surface area contributed by atoms with Crippen LogP contribution >= 0.6 is 0 Å². The van der Waals surface area contributed by atoms with Gasteiger partial charge in [-0.2, -0.15) is 0 Å². The molecule has 4 rings (SSSR count). The summed E-state index contributed by atoms with van der Waals surface area (Å²) in [5.74, 6) is 0.359. The fraction of sp³-hybridized carbons (Fsp3) is 0.125. The van der Waals surface area contributed by atoms with E-state index in [-0.39, 0.29) is 17.3 Å². The van der Waals surface area contributed by atoms with Gasteiger partial charge in [0.2, 0.25) is 0 Å². The largest absolute Gasteiger partial charge is 0.489 e. The number of nitro groups is 1. The van der Waals surface area contributed by atoms with Crippen LogP contribution in [-0.2, 0) is 13.2 Å². The SMILES string of the molecule is Cc1c(C(=O)NCc2ccc(OCc3ccccc3)cc2)nnn1-c1cccc([N+](=O)[O-])c1. The summed E-state index contributed by atoms with van der Waals surface area (Å²) >= 11 is 0. The fourth-order valence-electron chi connectivity index (χ4n) is 3.23. The van der Waals surface area contributed by atoms with E-state index in [9.17, 15) is 14.9 Å². The quantitative estimate of drug-likeness (QED) is 0.325. The van der Waals surface area contributed by atoms with Gasteiger partial charge in [0.15, 0.2) is 5.69 Å². The van der Waals surface area contributed by atoms with E-state index in [2.05, 4.69) is 15.6 Å². The van der Waals surface area contributed by atoms with E-state index >= 15 is 0 Å². The van der Waals surface area contributed by atoms with Crippen LogP contribution in [0, 0.1) is 17.0 Å². The summed E-state index contributed by atoms with van der Waals surface area (Å²) in [6.07, 6.45) is 0. The molecule has 1 N–H and O–H groups in total. The van der Waals surface area contributed by atoms with Crippen molar-refractivity contribution in [2.45, 2.75) is 20.1 Å². The molecule has 0 spiro atoms. The van der Waals surface area contributed by atoms with Crippen LogP contribution in [0.4, 0.5) is 5.69 Å². The number of nitro benzene ring substituents is 1. The second kappa shape index (κ2) is 9.73. The Labute approximate surface area is 189 Å². The van der Waals surface area contributed by atoms with Crippen molar-refractivity contribution in [1.82, 2.24) is 20.3 Å². The minimum atomic E-state index is -0.485. The molecule has 0 fully saturated rings. The highest BCUT2D eigenvalue weighted by Crippen LogP contribution is 2.19. The molecule has 166 valence electrons. The van der Waals surface area contributed by atoms with E-state index in [1.54, 1.807) is 19.1 Å². The summed E-state index contributed by atoms with van der Waals surface area (Å²) in [5, 5.41) is 21.8. The first kappa shape index (κ1) is 21.7. The fourth-order valence-corrected chi connectivity index (χ4v) is 3.23. The summed E-state index contributed by atoms with van der Waals surface area (Å²) in [6.45, 7) is 2.48. The Morgan fingerprint density at radius 3 is 2.52 bits per heavy atom. The minimum absolute atomic E-state index is 0.0652. The summed E-state index contributed by atoms with van der Waals surface area (Å²) in [7, 11) is 0. The summed E-state index contributed by atoms with van der Waals surface area (Å²) < 4.78 is 7.18. The van der Waals surface area contributed by atoms with Crippen molar-refractivity contribution >= 4 is 11.6 Å². The maximum Gasteiger partial charge on any atom is 0.274 e. The van der Waals surface area contributed by atoms with E-state index in [0.29, 0.717) is 24.5 Å². The number of nitrogens with zero attached hydrogens (tertiary/aromatic N) is 4. The van der Waals surface area contributed by atoms with Crippen LogP contribution < -0.4 is 10.1 Å². The first-order valence-corrected chi connectivity index (χ1v) is 10.2. The maximum atomic E-state index is 12.6. The lowest BCUT2D eigenvalue weighted by molar-refractivity contribution is -0.384. The van der Waals surface area contributed by atoms with Gasteiger partial charge in [-0.25, -0.2) is 4.68 Å². The van der Waals surface area contributed by atoms with Crippen LogP contribution in [0.5, 0.6) is 5.75 Å². The monoisotopic (exact) mass is 443 g/mol. The van der Waals surface area contributed by atoms with Crippen molar-refractivity contribution in [2.24, 2.45) is 0 Å². The zero-order valence-electron chi connectivity index (χ0n) is 17.8. The highest BCUT2D eigenvalue weighted by Gasteiger charge is 2.18. The number of aromatic nitrogens is 3. The maximum absolute atomic E-state index is 12.6. The molecule has 1 aromatic heterocycles. The number of amides is 1. The van der Waals surface area contributed by atoms with Crippen LogP contribution in [-0.4, -0.2) is 25.8 Å². The van der Waals surface area contributed by atoms with Crippen LogP contribution in [0.1, 0.15) is 27.3 Å². The molecule has 0 radical (unpaired) electrons. The number of hydrogen-bond acceptors (Lipinski definition) is 6. The number of ether oxygens (including phenoxy) is 1. The summed E-state index contributed by atoms with van der Waals surface area (Å²) in [6, 6.07) is 23.4. The topological polar surface area (TPSA) is 112 Å². The lowest BCUT2D eigenvalue weighted by atomic mass is 10.2. The molecule has 0 saturated carbocycles. The molecule has 9 heteroatoms. The van der Waals surface area contributed by atoms with Crippen molar-refractivity contribution in [2.75, 3.05) is 0 Å². The van der Waals surface area contributed by atoms with Gasteiger partial charge in [-0.3, -0.25) is 14.9 Å². The first-order chi connectivity index (χ1) is 16.0. The smallest absolute Gasteiger partial charge is 0.274 e. The number of carbonyl (C=O) groups excluding carboxylic acids is 1. The first-order valence-electron chi connectivity index (χ1n) is 10.2. The highest BCUT2D eigenvalue weighted by molar-refractivity contribution is 5.93. The molecular weight excluding hydrogens is 422 g/mol. The average Bonchev–Trinajstić information content (AvgIpc) is 3.24. The molecule has 0 aliphatic rings. The van der Waals surface area contributed by atoms with Gasteiger partial charge in [-0.1, -0.05) is 53.7 Å². The Bertz CT molecular complexity index is 1270. The third-order valence-corrected chi connectivity index (χ3v) is 5.02. The van der Waals surface area contributed by atoms with Gasteiger partial charge in [-0.05, 0) is 36.2 Å². The number of nitrogens with one attached hydrogen (secondary N) is 1. The second-order valence-electron chi connectivity index (χ2n) is 7.31. The summed E-state index contributed by atoms with van der Waals surface area (Å²) in [4.78, 5) is 23.2. The van der Waals surface area contributed by atoms with Crippen LogP contribution in [0.2, 0.25) is 0 Å². The van der Waals surface area contributed by atoms with Gasteiger partial charge in [0.05, 0.1) is 16.3 Å². The zero-order chi connectivity index (χ0) is 23.2. The van der Waals surface area contributed by atoms with Gasteiger partial charge < -0.3 is 10.1 Å². The van der Waals surface area contributed by atoms with Crippen LogP contribution in [0.15, 0.2) is 78.9 Å². The van der Waals surface area contributed by atoms with E-state index in [4.69, 9.17) is 4.74 Å². The molecule has 0 saturated heterocycles. The van der Waals surface area contributed by atoms with Gasteiger partial charge >= 0.3 is 0 Å².